The molecule has 5 heterocycles. The summed E-state index contributed by atoms with van der Waals surface area (Å²) in [6.07, 6.45) is 0.902. The van der Waals surface area contributed by atoms with Crippen molar-refractivity contribution in [3.05, 3.63) is 30.5 Å². The van der Waals surface area contributed by atoms with E-state index in [9.17, 15) is 13.2 Å². The molecule has 2 fully saturated rings. The summed E-state index contributed by atoms with van der Waals surface area (Å²) in [7, 11) is 1.47. The Hall–Kier alpha value is -3.45. The van der Waals surface area contributed by atoms with Gasteiger partial charge in [0.25, 0.3) is 5.92 Å². The van der Waals surface area contributed by atoms with E-state index in [-0.39, 0.29) is 37.4 Å². The highest BCUT2D eigenvalue weighted by Crippen LogP contribution is 2.35. The number of ether oxygens (including phenoxy) is 2. The first-order chi connectivity index (χ1) is 17.8. The minimum absolute atomic E-state index is 0.0614. The van der Waals surface area contributed by atoms with E-state index >= 15 is 0 Å². The third kappa shape index (κ3) is 4.35. The van der Waals surface area contributed by atoms with Gasteiger partial charge in [-0.1, -0.05) is 11.3 Å². The van der Waals surface area contributed by atoms with E-state index in [2.05, 4.69) is 25.7 Å². The van der Waals surface area contributed by atoms with Crippen LogP contribution in [0.3, 0.4) is 0 Å². The van der Waals surface area contributed by atoms with Gasteiger partial charge in [0.05, 0.1) is 51.0 Å². The summed E-state index contributed by atoms with van der Waals surface area (Å²) < 4.78 is 57.4. The Morgan fingerprint density at radius 1 is 1.27 bits per heavy atom. The normalized spacial score (nSPS) is 21.3. The van der Waals surface area contributed by atoms with Crippen LogP contribution in [0.2, 0.25) is 0 Å². The summed E-state index contributed by atoms with van der Waals surface area (Å²) >= 11 is 0. The maximum absolute atomic E-state index is 15.0. The highest BCUT2D eigenvalue weighted by atomic mass is 19.3. The molecule has 0 radical (unpaired) electrons. The number of piperidine rings is 1. The van der Waals surface area contributed by atoms with Crippen molar-refractivity contribution in [1.29, 1.82) is 0 Å². The molecule has 2 atom stereocenters. The molecule has 6 rings (SSSR count). The molecule has 196 valence electrons. The standard InChI is InChI=1S/C24H27F3N8O2/c1-14(25)10-35-19-9-15(3-4-18(19)30-32-35)17-5-8-34-21(17)22(36-2)29-23(31-34)28-20-6-7-33(13-24(20,26)27)16-11-37-12-16/h3-5,8-9,14,16,20H,6-7,10-13H2,1-2H3,(H,28,31)/t14-,20-/m1/s1. The molecule has 0 saturated carbocycles. The molecule has 1 N–H and O–H groups in total. The minimum atomic E-state index is -2.95. The van der Waals surface area contributed by atoms with E-state index in [1.165, 1.54) is 18.7 Å². The molecule has 3 aromatic heterocycles. The fraction of sp³-hybridized carbons (Fsp3) is 0.500. The Bertz CT molecular complexity index is 1430. The monoisotopic (exact) mass is 516 g/mol. The molecule has 0 bridgehead atoms. The van der Waals surface area contributed by atoms with Crippen LogP contribution < -0.4 is 10.1 Å². The summed E-state index contributed by atoms with van der Waals surface area (Å²) in [6, 6.07) is 6.37. The number of alkyl halides is 3. The first kappa shape index (κ1) is 23.9. The Morgan fingerprint density at radius 3 is 2.81 bits per heavy atom. The summed E-state index contributed by atoms with van der Waals surface area (Å²) in [6.45, 7) is 2.78. The Kier molecular flexibility index (Phi) is 5.91. The lowest BCUT2D eigenvalue weighted by atomic mass is 9.98. The number of anilines is 1. The summed E-state index contributed by atoms with van der Waals surface area (Å²) in [5.74, 6) is -2.65. The van der Waals surface area contributed by atoms with Crippen molar-refractivity contribution < 1.29 is 22.6 Å². The minimum Gasteiger partial charge on any atom is -0.479 e. The number of methoxy groups -OCH3 is 1. The van der Waals surface area contributed by atoms with Gasteiger partial charge in [-0.15, -0.1) is 10.2 Å². The zero-order chi connectivity index (χ0) is 25.7. The van der Waals surface area contributed by atoms with Crippen molar-refractivity contribution in [2.75, 3.05) is 38.7 Å². The van der Waals surface area contributed by atoms with Gasteiger partial charge < -0.3 is 14.8 Å². The number of aromatic nitrogens is 6. The van der Waals surface area contributed by atoms with Gasteiger partial charge in [0.15, 0.2) is 0 Å². The first-order valence-electron chi connectivity index (χ1n) is 12.2. The van der Waals surface area contributed by atoms with Crippen LogP contribution in [0.25, 0.3) is 27.7 Å². The van der Waals surface area contributed by atoms with Gasteiger partial charge >= 0.3 is 0 Å². The predicted molar refractivity (Wildman–Crippen MR) is 130 cm³/mol. The van der Waals surface area contributed by atoms with Crippen LogP contribution in [0.5, 0.6) is 5.88 Å². The van der Waals surface area contributed by atoms with E-state index < -0.39 is 18.1 Å². The first-order valence-corrected chi connectivity index (χ1v) is 12.2. The summed E-state index contributed by atoms with van der Waals surface area (Å²) in [5.41, 5.74) is 3.51. The van der Waals surface area contributed by atoms with E-state index in [4.69, 9.17) is 9.47 Å². The number of fused-ring (bicyclic) bond motifs is 2. The zero-order valence-electron chi connectivity index (χ0n) is 20.4. The van der Waals surface area contributed by atoms with Gasteiger partial charge in [0.2, 0.25) is 11.8 Å². The lowest BCUT2D eigenvalue weighted by Gasteiger charge is -2.44. The second-order valence-electron chi connectivity index (χ2n) is 9.63. The quantitative estimate of drug-likeness (QED) is 0.401. The molecular formula is C24H27F3N8O2. The molecule has 10 nitrogen and oxygen atoms in total. The van der Waals surface area contributed by atoms with Crippen molar-refractivity contribution in [3.8, 4) is 17.0 Å². The second-order valence-corrected chi connectivity index (χ2v) is 9.63. The SMILES string of the molecule is COc1nc(N[C@@H]2CCN(C3COC3)CC2(F)F)nn2ccc(-c3ccc4nnn(C[C@@H](C)F)c4c3)c12. The second kappa shape index (κ2) is 9.14. The lowest BCUT2D eigenvalue weighted by Crippen LogP contribution is -2.61. The van der Waals surface area contributed by atoms with Crippen LogP contribution in [0.15, 0.2) is 30.5 Å². The molecule has 2 saturated heterocycles. The van der Waals surface area contributed by atoms with E-state index in [0.717, 1.165) is 11.1 Å². The van der Waals surface area contributed by atoms with Crippen LogP contribution in [0.4, 0.5) is 19.1 Å². The van der Waals surface area contributed by atoms with Crippen molar-refractivity contribution in [2.24, 2.45) is 0 Å². The van der Waals surface area contributed by atoms with Crippen molar-refractivity contribution in [2.45, 2.75) is 44.1 Å². The highest BCUT2D eigenvalue weighted by Gasteiger charge is 2.47. The molecule has 0 unspecified atom stereocenters. The highest BCUT2D eigenvalue weighted by molar-refractivity contribution is 5.89. The average Bonchev–Trinajstić information content (AvgIpc) is 3.42. The maximum atomic E-state index is 15.0. The lowest BCUT2D eigenvalue weighted by molar-refractivity contribution is -0.131. The predicted octanol–water partition coefficient (Wildman–Crippen LogP) is 3.03. The number of nitrogens with one attached hydrogen (secondary N) is 1. The van der Waals surface area contributed by atoms with Crippen LogP contribution in [-0.2, 0) is 11.3 Å². The van der Waals surface area contributed by atoms with Crippen LogP contribution >= 0.6 is 0 Å². The topological polar surface area (TPSA) is 94.6 Å². The Labute approximate surface area is 210 Å². The number of hydrogen-bond donors (Lipinski definition) is 1. The largest absolute Gasteiger partial charge is 0.479 e. The van der Waals surface area contributed by atoms with Crippen molar-refractivity contribution in [3.63, 3.8) is 0 Å². The molecule has 0 amide bonds. The van der Waals surface area contributed by atoms with Gasteiger partial charge in [0, 0.05) is 18.3 Å². The fourth-order valence-corrected chi connectivity index (χ4v) is 4.98. The molecule has 37 heavy (non-hydrogen) atoms. The number of hydrogen-bond acceptors (Lipinski definition) is 8. The Balaban J connectivity index is 1.30. The number of rotatable bonds is 7. The third-order valence-electron chi connectivity index (χ3n) is 6.99. The molecule has 2 aliphatic heterocycles. The van der Waals surface area contributed by atoms with Gasteiger partial charge in [-0.2, -0.15) is 4.98 Å². The third-order valence-corrected chi connectivity index (χ3v) is 6.99. The number of benzene rings is 1. The molecular weight excluding hydrogens is 489 g/mol. The van der Waals surface area contributed by atoms with E-state index in [1.807, 2.05) is 24.3 Å². The maximum Gasteiger partial charge on any atom is 0.280 e. The van der Waals surface area contributed by atoms with E-state index in [0.29, 0.717) is 36.3 Å². The van der Waals surface area contributed by atoms with Crippen LogP contribution in [-0.4, -0.2) is 92.1 Å². The molecule has 0 spiro atoms. The molecule has 4 aromatic rings. The number of nitrogens with zero attached hydrogens (tertiary/aromatic N) is 7. The molecule has 13 heteroatoms. The zero-order valence-corrected chi connectivity index (χ0v) is 20.4. The van der Waals surface area contributed by atoms with Gasteiger partial charge in [-0.25, -0.2) is 22.4 Å². The Morgan fingerprint density at radius 2 is 2.11 bits per heavy atom. The van der Waals surface area contributed by atoms with Gasteiger partial charge in [-0.3, -0.25) is 4.90 Å². The van der Waals surface area contributed by atoms with E-state index in [1.54, 1.807) is 15.6 Å². The van der Waals surface area contributed by atoms with Gasteiger partial charge in [-0.05, 0) is 37.1 Å². The average molecular weight is 517 g/mol. The van der Waals surface area contributed by atoms with Gasteiger partial charge in [0.1, 0.15) is 17.2 Å². The molecule has 1 aromatic carbocycles. The fourth-order valence-electron chi connectivity index (χ4n) is 4.98. The van der Waals surface area contributed by atoms with Crippen LogP contribution in [0, 0.1) is 0 Å². The number of likely N-dealkylation sites (tertiary alicyclic amines) is 1. The van der Waals surface area contributed by atoms with Crippen LogP contribution in [0.1, 0.15) is 13.3 Å². The summed E-state index contributed by atoms with van der Waals surface area (Å²) in [5, 5.41) is 15.4. The molecule has 2 aliphatic rings. The van der Waals surface area contributed by atoms with Crippen molar-refractivity contribution in [1.82, 2.24) is 34.5 Å². The smallest absolute Gasteiger partial charge is 0.280 e. The number of halogens is 3. The molecule has 0 aliphatic carbocycles. The van der Waals surface area contributed by atoms with Crippen molar-refractivity contribution >= 4 is 22.5 Å². The summed E-state index contributed by atoms with van der Waals surface area (Å²) in [4.78, 5) is 6.21.